The quantitative estimate of drug-likeness (QED) is 0.467. The van der Waals surface area contributed by atoms with Gasteiger partial charge in [0.2, 0.25) is 0 Å². The van der Waals surface area contributed by atoms with Crippen LogP contribution in [0.15, 0.2) is 47.7 Å². The van der Waals surface area contributed by atoms with Gasteiger partial charge >= 0.3 is 5.97 Å². The Morgan fingerprint density at radius 3 is 2.65 bits per heavy atom. The van der Waals surface area contributed by atoms with Gasteiger partial charge in [-0.2, -0.15) is 0 Å². The molecule has 0 radical (unpaired) electrons. The first-order valence-electron chi connectivity index (χ1n) is 9.67. The molecule has 0 saturated heterocycles. The maximum absolute atomic E-state index is 13.7. The highest BCUT2D eigenvalue weighted by Gasteiger charge is 2.36. The van der Waals surface area contributed by atoms with Crippen LogP contribution >= 0.6 is 23.8 Å². The summed E-state index contributed by atoms with van der Waals surface area (Å²) >= 11 is 11.5. The smallest absolute Gasteiger partial charge is 0.338 e. The van der Waals surface area contributed by atoms with E-state index >= 15 is 0 Å². The average Bonchev–Trinajstić information content (AvgIpc) is 2.72. The number of aromatic hydroxyl groups is 1. The van der Waals surface area contributed by atoms with E-state index in [1.165, 1.54) is 24.3 Å². The number of hydrogen-bond acceptors (Lipinski definition) is 5. The number of allylic oxidation sites excluding steroid dienone is 1. The monoisotopic (exact) mass is 464 g/mol. The zero-order valence-corrected chi connectivity index (χ0v) is 18.8. The Balaban J connectivity index is 2.14. The number of phenols is 1. The predicted molar refractivity (Wildman–Crippen MR) is 121 cm³/mol. The lowest BCUT2D eigenvalue weighted by molar-refractivity contribution is -0.139. The Morgan fingerprint density at radius 2 is 2.00 bits per heavy atom. The van der Waals surface area contributed by atoms with Gasteiger partial charge in [-0.25, -0.2) is 9.18 Å². The van der Waals surface area contributed by atoms with Crippen LogP contribution in [0, 0.1) is 5.82 Å². The number of ether oxygens (including phenoxy) is 2. The normalized spacial score (nSPS) is 16.2. The minimum atomic E-state index is -0.640. The van der Waals surface area contributed by atoms with Crippen LogP contribution in [-0.4, -0.2) is 29.4 Å². The molecule has 6 nitrogen and oxygen atoms in total. The Hall–Kier alpha value is -2.84. The molecule has 2 aromatic rings. The first kappa shape index (κ1) is 22.8. The van der Waals surface area contributed by atoms with Crippen molar-refractivity contribution in [3.63, 3.8) is 0 Å². The van der Waals surface area contributed by atoms with E-state index in [2.05, 4.69) is 5.32 Å². The lowest BCUT2D eigenvalue weighted by Gasteiger charge is -2.37. The zero-order chi connectivity index (χ0) is 22.7. The van der Waals surface area contributed by atoms with Crippen molar-refractivity contribution >= 4 is 40.6 Å². The number of anilines is 1. The summed E-state index contributed by atoms with van der Waals surface area (Å²) in [6.07, 6.45) is 0. The van der Waals surface area contributed by atoms with E-state index in [-0.39, 0.29) is 17.4 Å². The third-order valence-electron chi connectivity index (χ3n) is 4.76. The van der Waals surface area contributed by atoms with Crippen molar-refractivity contribution in [1.82, 2.24) is 5.32 Å². The fourth-order valence-corrected chi connectivity index (χ4v) is 3.92. The number of carbonyl (C=O) groups is 1. The molecule has 0 fully saturated rings. The number of hydrogen-bond donors (Lipinski definition) is 2. The topological polar surface area (TPSA) is 71.0 Å². The highest BCUT2D eigenvalue weighted by Crippen LogP contribution is 2.38. The molecule has 1 aliphatic heterocycles. The second-order valence-electron chi connectivity index (χ2n) is 6.70. The number of thiocarbonyl (C=S) groups is 1. The van der Waals surface area contributed by atoms with Crippen LogP contribution in [0.4, 0.5) is 10.1 Å². The van der Waals surface area contributed by atoms with E-state index in [0.29, 0.717) is 40.0 Å². The van der Waals surface area contributed by atoms with Crippen molar-refractivity contribution in [3.05, 3.63) is 64.1 Å². The lowest BCUT2D eigenvalue weighted by atomic mass is 9.94. The van der Waals surface area contributed by atoms with Crippen LogP contribution in [0.5, 0.6) is 11.5 Å². The van der Waals surface area contributed by atoms with Gasteiger partial charge in [-0.15, -0.1) is 0 Å². The van der Waals surface area contributed by atoms with Gasteiger partial charge in [-0.1, -0.05) is 17.7 Å². The molecule has 2 N–H and O–H groups in total. The zero-order valence-electron chi connectivity index (χ0n) is 17.2. The number of nitrogens with zero attached hydrogens (tertiary/aromatic N) is 1. The molecule has 1 heterocycles. The Bertz CT molecular complexity index is 1060. The highest BCUT2D eigenvalue weighted by molar-refractivity contribution is 7.80. The third-order valence-corrected chi connectivity index (χ3v) is 5.35. The molecule has 1 unspecified atom stereocenters. The summed E-state index contributed by atoms with van der Waals surface area (Å²) in [7, 11) is 0. The van der Waals surface area contributed by atoms with Crippen molar-refractivity contribution in [2.75, 3.05) is 18.1 Å². The van der Waals surface area contributed by atoms with E-state index < -0.39 is 17.8 Å². The maximum Gasteiger partial charge on any atom is 0.338 e. The van der Waals surface area contributed by atoms with Gasteiger partial charge in [0, 0.05) is 11.4 Å². The van der Waals surface area contributed by atoms with E-state index in [4.69, 9.17) is 33.3 Å². The van der Waals surface area contributed by atoms with E-state index in [0.717, 1.165) is 0 Å². The summed E-state index contributed by atoms with van der Waals surface area (Å²) in [5.74, 6) is -0.797. The molecule has 0 aromatic heterocycles. The largest absolute Gasteiger partial charge is 0.504 e. The molecule has 9 heteroatoms. The van der Waals surface area contributed by atoms with Gasteiger partial charge in [0.15, 0.2) is 16.6 Å². The average molecular weight is 465 g/mol. The molecule has 3 rings (SSSR count). The van der Waals surface area contributed by atoms with Crippen LogP contribution in [-0.2, 0) is 9.53 Å². The molecule has 1 atom stereocenters. The number of halogens is 2. The van der Waals surface area contributed by atoms with Crippen LogP contribution < -0.4 is 15.0 Å². The molecule has 0 aliphatic carbocycles. The molecule has 2 aromatic carbocycles. The van der Waals surface area contributed by atoms with Crippen molar-refractivity contribution in [2.24, 2.45) is 0 Å². The molecule has 0 amide bonds. The molecule has 31 heavy (non-hydrogen) atoms. The number of nitrogens with one attached hydrogen (secondary N) is 1. The standard InChI is InChI=1S/C22H22ClFN2O4S/c1-4-29-18-10-13(6-9-17(18)27)20-19(21(28)30-5-2)12(3)26(22(31)25-20)14-7-8-16(24)15(23)11-14/h6-11,20,27H,4-5H2,1-3H3,(H,25,31). The predicted octanol–water partition coefficient (Wildman–Crippen LogP) is 4.86. The number of phenolic OH excluding ortho intramolecular Hbond substituents is 1. The van der Waals surface area contributed by atoms with Gasteiger partial charge < -0.3 is 19.9 Å². The molecular formula is C22H22ClFN2O4S. The van der Waals surface area contributed by atoms with Crippen molar-refractivity contribution in [1.29, 1.82) is 0 Å². The van der Waals surface area contributed by atoms with E-state index in [1.807, 2.05) is 0 Å². The third kappa shape index (κ3) is 4.60. The molecule has 0 bridgehead atoms. The van der Waals surface area contributed by atoms with Crippen molar-refractivity contribution in [2.45, 2.75) is 26.8 Å². The molecule has 0 saturated carbocycles. The van der Waals surface area contributed by atoms with E-state index in [9.17, 15) is 14.3 Å². The molecule has 0 spiro atoms. The fraction of sp³-hybridized carbons (Fsp3) is 0.273. The van der Waals surface area contributed by atoms with Crippen molar-refractivity contribution in [3.8, 4) is 11.5 Å². The lowest BCUT2D eigenvalue weighted by Crippen LogP contribution is -2.48. The second kappa shape index (κ2) is 9.53. The molecule has 1 aliphatic rings. The van der Waals surface area contributed by atoms with Crippen molar-refractivity contribution < 1.29 is 23.8 Å². The van der Waals surface area contributed by atoms with E-state index in [1.54, 1.807) is 37.8 Å². The molecule has 164 valence electrons. The minimum Gasteiger partial charge on any atom is -0.504 e. The van der Waals surface area contributed by atoms with Gasteiger partial charge in [0.25, 0.3) is 0 Å². The number of rotatable bonds is 6. The Morgan fingerprint density at radius 1 is 1.26 bits per heavy atom. The van der Waals surface area contributed by atoms with Crippen LogP contribution in [0.3, 0.4) is 0 Å². The second-order valence-corrected chi connectivity index (χ2v) is 7.49. The van der Waals surface area contributed by atoms with Crippen LogP contribution in [0.25, 0.3) is 0 Å². The Labute approximate surface area is 190 Å². The van der Waals surface area contributed by atoms with Gasteiger partial charge in [0.1, 0.15) is 5.82 Å². The van der Waals surface area contributed by atoms with Crippen LogP contribution in [0.1, 0.15) is 32.4 Å². The molecular weight excluding hydrogens is 443 g/mol. The van der Waals surface area contributed by atoms with Gasteiger partial charge in [0.05, 0.1) is 29.9 Å². The van der Waals surface area contributed by atoms with Crippen LogP contribution in [0.2, 0.25) is 5.02 Å². The number of benzene rings is 2. The summed E-state index contributed by atoms with van der Waals surface area (Å²) in [6.45, 7) is 5.81. The summed E-state index contributed by atoms with van der Waals surface area (Å²) in [5, 5.41) is 13.4. The summed E-state index contributed by atoms with van der Waals surface area (Å²) in [4.78, 5) is 14.5. The first-order valence-corrected chi connectivity index (χ1v) is 10.5. The maximum atomic E-state index is 13.7. The number of carbonyl (C=O) groups excluding carboxylic acids is 1. The minimum absolute atomic E-state index is 0.00930. The SMILES string of the molecule is CCOC(=O)C1=C(C)N(c2ccc(F)c(Cl)c2)C(=S)NC1c1ccc(O)c(OCC)c1. The fourth-order valence-electron chi connectivity index (χ4n) is 3.38. The first-order chi connectivity index (χ1) is 14.8. The Kier molecular flexibility index (Phi) is 7.02. The summed E-state index contributed by atoms with van der Waals surface area (Å²) < 4.78 is 24.4. The summed E-state index contributed by atoms with van der Waals surface area (Å²) in [6, 6.07) is 8.37. The highest BCUT2D eigenvalue weighted by atomic mass is 35.5. The summed E-state index contributed by atoms with van der Waals surface area (Å²) in [5.41, 5.74) is 2.00. The van der Waals surface area contributed by atoms with Gasteiger partial charge in [-0.05, 0) is 68.9 Å². The van der Waals surface area contributed by atoms with Gasteiger partial charge in [-0.3, -0.25) is 4.90 Å². The number of esters is 1.